The highest BCUT2D eigenvalue weighted by Gasteiger charge is 2.37. The van der Waals surface area contributed by atoms with Gasteiger partial charge in [-0.05, 0) is 18.2 Å². The van der Waals surface area contributed by atoms with Gasteiger partial charge in [0.1, 0.15) is 6.33 Å². The molecule has 0 spiro atoms. The fraction of sp³-hybridized carbons (Fsp3) is 0.125. The summed E-state index contributed by atoms with van der Waals surface area (Å²) in [4.78, 5) is 15.2. The van der Waals surface area contributed by atoms with Crippen LogP contribution in [0.3, 0.4) is 0 Å². The van der Waals surface area contributed by atoms with E-state index in [-0.39, 0.29) is 17.2 Å². The fourth-order valence-corrected chi connectivity index (χ4v) is 2.18. The first-order valence-corrected chi connectivity index (χ1v) is 7.52. The van der Waals surface area contributed by atoms with Crippen LogP contribution in [0.4, 0.5) is 26.3 Å². The summed E-state index contributed by atoms with van der Waals surface area (Å²) in [5.41, 5.74) is 6.48. The van der Waals surface area contributed by atoms with Crippen molar-refractivity contribution in [1.29, 1.82) is 5.41 Å². The molecule has 0 aliphatic carbocycles. The molecule has 2 rings (SSSR count). The predicted molar refractivity (Wildman–Crippen MR) is 90.0 cm³/mol. The van der Waals surface area contributed by atoms with E-state index in [0.29, 0.717) is 12.1 Å². The SMILES string of the molecule is N=CC(=C\N)/C(=C\n1cnc(-c2cc(C(F)(F)F)cc(C(F)(F)F)c2)n1)C(N)=O. The second-order valence-corrected chi connectivity index (χ2v) is 5.52. The third-order valence-electron chi connectivity index (χ3n) is 3.53. The van der Waals surface area contributed by atoms with Crippen LogP contribution in [0.1, 0.15) is 11.1 Å². The van der Waals surface area contributed by atoms with E-state index in [2.05, 4.69) is 10.1 Å². The Hall–Kier alpha value is -3.64. The molecule has 0 atom stereocenters. The lowest BCUT2D eigenvalue weighted by Crippen LogP contribution is -2.17. The summed E-state index contributed by atoms with van der Waals surface area (Å²) < 4.78 is 78.7. The summed E-state index contributed by atoms with van der Waals surface area (Å²) in [7, 11) is 0. The molecule has 7 nitrogen and oxygen atoms in total. The van der Waals surface area contributed by atoms with Crippen LogP contribution in [0.5, 0.6) is 0 Å². The number of halogens is 6. The van der Waals surface area contributed by atoms with Crippen LogP contribution < -0.4 is 11.5 Å². The van der Waals surface area contributed by atoms with Crippen LogP contribution in [0.15, 0.2) is 41.9 Å². The molecule has 1 heterocycles. The molecule has 0 bridgehead atoms. The number of hydrogen-bond donors (Lipinski definition) is 3. The van der Waals surface area contributed by atoms with Gasteiger partial charge in [-0.3, -0.25) is 4.79 Å². The first kappa shape index (κ1) is 21.7. The minimum Gasteiger partial charge on any atom is -0.404 e. The molecule has 0 unspecified atom stereocenters. The number of hydrogen-bond acceptors (Lipinski definition) is 5. The number of amides is 1. The number of nitrogens with two attached hydrogens (primary N) is 2. The highest BCUT2D eigenvalue weighted by molar-refractivity contribution is 6.06. The summed E-state index contributed by atoms with van der Waals surface area (Å²) >= 11 is 0. The Kier molecular flexibility index (Phi) is 5.80. The van der Waals surface area contributed by atoms with E-state index < -0.39 is 40.8 Å². The van der Waals surface area contributed by atoms with Crippen LogP contribution >= 0.6 is 0 Å². The van der Waals surface area contributed by atoms with Crippen molar-refractivity contribution in [2.45, 2.75) is 12.4 Å². The van der Waals surface area contributed by atoms with Crippen molar-refractivity contribution in [2.75, 3.05) is 0 Å². The lowest BCUT2D eigenvalue weighted by Gasteiger charge is -2.13. The standard InChI is InChI=1S/C16H12F6N6O/c17-15(18,19)10-1-8(2-11(3-10)16(20,21)22)14-26-7-28(27-14)6-12(13(25)29)9(4-23)5-24/h1-7,23H,24H2,(H2,25,29)/b9-5+,12-6+,23-4?. The normalized spacial score (nSPS) is 13.4. The van der Waals surface area contributed by atoms with Gasteiger partial charge in [0, 0.05) is 29.8 Å². The van der Waals surface area contributed by atoms with Gasteiger partial charge in [-0.2, -0.15) is 26.3 Å². The molecule has 1 aromatic heterocycles. The predicted octanol–water partition coefficient (Wildman–Crippen LogP) is 2.80. The molecular weight excluding hydrogens is 406 g/mol. The smallest absolute Gasteiger partial charge is 0.404 e. The van der Waals surface area contributed by atoms with Gasteiger partial charge >= 0.3 is 12.4 Å². The number of carbonyl (C=O) groups excluding carboxylic acids is 1. The van der Waals surface area contributed by atoms with Gasteiger partial charge in [0.2, 0.25) is 0 Å². The summed E-state index contributed by atoms with van der Waals surface area (Å²) in [6, 6.07) is 0.917. The number of carbonyl (C=O) groups is 1. The van der Waals surface area contributed by atoms with Gasteiger partial charge < -0.3 is 16.9 Å². The molecule has 0 aliphatic heterocycles. The number of nitrogens with one attached hydrogen (secondary N) is 1. The van der Waals surface area contributed by atoms with E-state index in [4.69, 9.17) is 16.9 Å². The van der Waals surface area contributed by atoms with E-state index >= 15 is 0 Å². The van der Waals surface area contributed by atoms with Gasteiger partial charge in [0.15, 0.2) is 5.82 Å². The van der Waals surface area contributed by atoms with Crippen LogP contribution in [-0.4, -0.2) is 26.9 Å². The van der Waals surface area contributed by atoms with Crippen LogP contribution in [0.25, 0.3) is 17.6 Å². The Balaban J connectivity index is 2.58. The second kappa shape index (κ2) is 7.77. The van der Waals surface area contributed by atoms with Crippen molar-refractivity contribution in [3.63, 3.8) is 0 Å². The Morgan fingerprint density at radius 1 is 1.07 bits per heavy atom. The van der Waals surface area contributed by atoms with E-state index in [0.717, 1.165) is 29.6 Å². The number of nitrogens with zero attached hydrogens (tertiary/aromatic N) is 3. The van der Waals surface area contributed by atoms with Crippen molar-refractivity contribution in [3.05, 3.63) is 53.0 Å². The van der Waals surface area contributed by atoms with E-state index in [9.17, 15) is 31.1 Å². The molecule has 5 N–H and O–H groups in total. The summed E-state index contributed by atoms with van der Waals surface area (Å²) in [6.07, 6.45) is -6.52. The van der Waals surface area contributed by atoms with Gasteiger partial charge in [-0.15, -0.1) is 5.10 Å². The number of benzene rings is 1. The van der Waals surface area contributed by atoms with Crippen LogP contribution in [0.2, 0.25) is 0 Å². The first-order chi connectivity index (χ1) is 13.4. The highest BCUT2D eigenvalue weighted by Crippen LogP contribution is 2.38. The van der Waals surface area contributed by atoms with E-state index in [1.54, 1.807) is 0 Å². The maximum absolute atomic E-state index is 13.0. The summed E-state index contributed by atoms with van der Waals surface area (Å²) in [5, 5.41) is 10.9. The minimum atomic E-state index is -5.03. The Morgan fingerprint density at radius 2 is 1.62 bits per heavy atom. The highest BCUT2D eigenvalue weighted by atomic mass is 19.4. The molecule has 154 valence electrons. The average molecular weight is 418 g/mol. The van der Waals surface area contributed by atoms with Crippen molar-refractivity contribution in [1.82, 2.24) is 14.8 Å². The number of primary amides is 1. The number of aromatic nitrogens is 3. The third-order valence-corrected chi connectivity index (χ3v) is 3.53. The van der Waals surface area contributed by atoms with Crippen molar-refractivity contribution in [3.8, 4) is 11.4 Å². The molecule has 0 saturated carbocycles. The van der Waals surface area contributed by atoms with Gasteiger partial charge in [0.25, 0.3) is 5.91 Å². The lowest BCUT2D eigenvalue weighted by molar-refractivity contribution is -0.143. The lowest BCUT2D eigenvalue weighted by atomic mass is 10.0. The average Bonchev–Trinajstić information content (AvgIpc) is 3.08. The van der Waals surface area contributed by atoms with Crippen molar-refractivity contribution < 1.29 is 31.1 Å². The largest absolute Gasteiger partial charge is 0.416 e. The maximum Gasteiger partial charge on any atom is 0.416 e. The topological polar surface area (TPSA) is 124 Å². The molecule has 1 amide bonds. The summed E-state index contributed by atoms with van der Waals surface area (Å²) in [5.74, 6) is -1.46. The minimum absolute atomic E-state index is 0.0198. The second-order valence-electron chi connectivity index (χ2n) is 5.52. The molecule has 0 fully saturated rings. The monoisotopic (exact) mass is 418 g/mol. The van der Waals surface area contributed by atoms with Gasteiger partial charge in [0.05, 0.1) is 16.7 Å². The van der Waals surface area contributed by atoms with Crippen LogP contribution in [0, 0.1) is 5.41 Å². The first-order valence-electron chi connectivity index (χ1n) is 7.52. The fourth-order valence-electron chi connectivity index (χ4n) is 2.18. The Labute approximate surface area is 158 Å². The Bertz CT molecular complexity index is 970. The molecule has 2 aromatic rings. The van der Waals surface area contributed by atoms with E-state index in [1.807, 2.05) is 0 Å². The Morgan fingerprint density at radius 3 is 2.03 bits per heavy atom. The molecule has 1 aromatic carbocycles. The third kappa shape index (κ3) is 5.00. The molecule has 0 saturated heterocycles. The molecular formula is C16H12F6N6O. The molecule has 29 heavy (non-hydrogen) atoms. The van der Waals surface area contributed by atoms with E-state index in [1.165, 1.54) is 0 Å². The van der Waals surface area contributed by atoms with Crippen molar-refractivity contribution in [2.24, 2.45) is 11.5 Å². The number of rotatable bonds is 5. The summed E-state index contributed by atoms with van der Waals surface area (Å²) in [6.45, 7) is 0. The zero-order valence-electron chi connectivity index (χ0n) is 14.2. The zero-order chi connectivity index (χ0) is 22.0. The molecule has 0 aliphatic rings. The number of alkyl halides is 6. The molecule has 13 heteroatoms. The van der Waals surface area contributed by atoms with Gasteiger partial charge in [-0.25, -0.2) is 9.67 Å². The van der Waals surface area contributed by atoms with Gasteiger partial charge in [-0.1, -0.05) is 0 Å². The van der Waals surface area contributed by atoms with Crippen molar-refractivity contribution >= 4 is 18.3 Å². The quantitative estimate of drug-likeness (QED) is 0.299. The molecule has 0 radical (unpaired) electrons. The maximum atomic E-state index is 13.0. The van der Waals surface area contributed by atoms with Crippen LogP contribution in [-0.2, 0) is 17.1 Å². The zero-order valence-corrected chi connectivity index (χ0v) is 14.2.